The van der Waals surface area contributed by atoms with E-state index in [0.717, 1.165) is 22.8 Å². The molecule has 6 nitrogen and oxygen atoms in total. The van der Waals surface area contributed by atoms with Crippen molar-refractivity contribution in [2.45, 2.75) is 13.5 Å². The van der Waals surface area contributed by atoms with Crippen molar-refractivity contribution >= 4 is 17.5 Å². The number of carbonyl (C=O) groups is 1. The van der Waals surface area contributed by atoms with Crippen molar-refractivity contribution in [3.05, 3.63) is 86.2 Å². The molecule has 0 radical (unpaired) electrons. The summed E-state index contributed by atoms with van der Waals surface area (Å²) in [5.41, 5.74) is 4.06. The molecule has 1 amide bonds. The maximum atomic E-state index is 14.3. The molecule has 0 aliphatic rings. The van der Waals surface area contributed by atoms with E-state index in [2.05, 4.69) is 4.98 Å². The molecular weight excluding hydrogens is 411 g/mol. The summed E-state index contributed by atoms with van der Waals surface area (Å²) >= 11 is 6.02. The quantitative estimate of drug-likeness (QED) is 0.682. The van der Waals surface area contributed by atoms with E-state index in [1.807, 2.05) is 0 Å². The Morgan fingerprint density at radius 3 is 2.55 bits per heavy atom. The van der Waals surface area contributed by atoms with Gasteiger partial charge in [0, 0.05) is 17.2 Å². The van der Waals surface area contributed by atoms with Gasteiger partial charge in [-0.2, -0.15) is 4.98 Å². The van der Waals surface area contributed by atoms with Crippen LogP contribution in [0.3, 0.4) is 0 Å². The van der Waals surface area contributed by atoms with Crippen LogP contribution in [-0.4, -0.2) is 15.5 Å². The highest BCUT2D eigenvalue weighted by molar-refractivity contribution is 6.31. The van der Waals surface area contributed by atoms with Crippen LogP contribution in [0.4, 0.5) is 13.2 Å². The maximum Gasteiger partial charge on any atom is 0.280 e. The molecule has 2 N–H and O–H groups in total. The van der Waals surface area contributed by atoms with Crippen LogP contribution in [0.5, 0.6) is 5.88 Å². The van der Waals surface area contributed by atoms with Crippen molar-refractivity contribution in [1.82, 2.24) is 9.55 Å². The van der Waals surface area contributed by atoms with Gasteiger partial charge < -0.3 is 10.5 Å². The molecule has 0 saturated carbocycles. The molecule has 10 heteroatoms. The van der Waals surface area contributed by atoms with E-state index >= 15 is 0 Å². The average Bonchev–Trinajstić information content (AvgIpc) is 2.66. The monoisotopic (exact) mass is 423 g/mol. The van der Waals surface area contributed by atoms with Crippen LogP contribution in [-0.2, 0) is 6.61 Å². The van der Waals surface area contributed by atoms with E-state index in [1.165, 1.54) is 19.1 Å². The van der Waals surface area contributed by atoms with Gasteiger partial charge in [-0.3, -0.25) is 14.2 Å². The molecular formula is C19H13ClF3N3O3. The molecule has 150 valence electrons. The van der Waals surface area contributed by atoms with Crippen molar-refractivity contribution in [2.24, 2.45) is 5.73 Å². The Morgan fingerprint density at radius 1 is 1.17 bits per heavy atom. The Hall–Kier alpha value is -3.33. The molecule has 0 atom stereocenters. The highest BCUT2D eigenvalue weighted by Gasteiger charge is 2.19. The van der Waals surface area contributed by atoms with Gasteiger partial charge in [0.05, 0.1) is 5.69 Å². The molecule has 3 rings (SSSR count). The van der Waals surface area contributed by atoms with E-state index in [1.54, 1.807) is 0 Å². The predicted octanol–water partition coefficient (Wildman–Crippen LogP) is 3.29. The molecule has 0 saturated heterocycles. The summed E-state index contributed by atoms with van der Waals surface area (Å²) in [6, 6.07) is 6.16. The van der Waals surface area contributed by atoms with Crippen LogP contribution < -0.4 is 16.0 Å². The van der Waals surface area contributed by atoms with E-state index < -0.39 is 33.9 Å². The summed E-state index contributed by atoms with van der Waals surface area (Å²) in [6.45, 7) is 1.02. The number of aryl methyl sites for hydroxylation is 1. The first kappa shape index (κ1) is 20.4. The summed E-state index contributed by atoms with van der Waals surface area (Å²) in [5.74, 6) is -3.51. The normalized spacial score (nSPS) is 10.8. The molecule has 1 aromatic heterocycles. The Morgan fingerprint density at radius 2 is 1.90 bits per heavy atom. The second kappa shape index (κ2) is 7.96. The second-order valence-corrected chi connectivity index (χ2v) is 6.35. The molecule has 0 bridgehead atoms. The Labute approximate surface area is 167 Å². The number of aromatic nitrogens is 2. The molecule has 0 fully saturated rings. The third kappa shape index (κ3) is 4.09. The van der Waals surface area contributed by atoms with Gasteiger partial charge in [0.1, 0.15) is 29.9 Å². The number of nitrogens with zero attached hydrogens (tertiary/aromatic N) is 2. The van der Waals surface area contributed by atoms with Crippen molar-refractivity contribution in [3.63, 3.8) is 0 Å². The number of ether oxygens (including phenoxy) is 1. The van der Waals surface area contributed by atoms with Gasteiger partial charge in [0.2, 0.25) is 11.8 Å². The largest absolute Gasteiger partial charge is 0.471 e. The standard InChI is InChI=1S/C19H13ClF3N3O3/c1-9-25-18(29-8-11-2-4-12(21)7-14(11)23)16(20)19(28)26(9)15-6-10(17(24)27)3-5-13(15)22/h2-7H,8H2,1H3,(H2,24,27). The zero-order valence-electron chi connectivity index (χ0n) is 14.9. The third-order valence-corrected chi connectivity index (χ3v) is 4.34. The molecule has 0 aliphatic heterocycles. The number of hydrogen-bond donors (Lipinski definition) is 1. The molecule has 1 heterocycles. The highest BCUT2D eigenvalue weighted by Crippen LogP contribution is 2.23. The van der Waals surface area contributed by atoms with Gasteiger partial charge in [-0.25, -0.2) is 13.2 Å². The number of rotatable bonds is 5. The summed E-state index contributed by atoms with van der Waals surface area (Å²) in [6.07, 6.45) is 0. The average molecular weight is 424 g/mol. The number of nitrogens with two attached hydrogens (primary N) is 1. The highest BCUT2D eigenvalue weighted by atomic mass is 35.5. The lowest BCUT2D eigenvalue weighted by molar-refractivity contribution is 0.1000. The lowest BCUT2D eigenvalue weighted by Crippen LogP contribution is -2.25. The first-order valence-corrected chi connectivity index (χ1v) is 8.52. The van der Waals surface area contributed by atoms with Crippen LogP contribution in [0.25, 0.3) is 5.69 Å². The van der Waals surface area contributed by atoms with Gasteiger partial charge in [-0.1, -0.05) is 11.6 Å². The minimum atomic E-state index is -0.866. The summed E-state index contributed by atoms with van der Waals surface area (Å²) in [7, 11) is 0. The van der Waals surface area contributed by atoms with Crippen LogP contribution in [0.2, 0.25) is 5.02 Å². The van der Waals surface area contributed by atoms with Crippen molar-refractivity contribution < 1.29 is 22.7 Å². The van der Waals surface area contributed by atoms with Crippen molar-refractivity contribution in [3.8, 4) is 11.6 Å². The van der Waals surface area contributed by atoms with Gasteiger partial charge in [-0.05, 0) is 37.3 Å². The minimum absolute atomic E-state index is 0.00509. The molecule has 0 spiro atoms. The summed E-state index contributed by atoms with van der Waals surface area (Å²) in [4.78, 5) is 28.0. The van der Waals surface area contributed by atoms with E-state index in [-0.39, 0.29) is 35.1 Å². The van der Waals surface area contributed by atoms with Gasteiger partial charge in [0.15, 0.2) is 5.02 Å². The summed E-state index contributed by atoms with van der Waals surface area (Å²) < 4.78 is 47.1. The van der Waals surface area contributed by atoms with Crippen LogP contribution >= 0.6 is 11.6 Å². The van der Waals surface area contributed by atoms with E-state index in [9.17, 15) is 22.8 Å². The zero-order valence-corrected chi connectivity index (χ0v) is 15.6. The fraction of sp³-hybridized carbons (Fsp3) is 0.105. The predicted molar refractivity (Wildman–Crippen MR) is 98.7 cm³/mol. The number of amides is 1. The molecule has 2 aromatic carbocycles. The van der Waals surface area contributed by atoms with E-state index in [0.29, 0.717) is 6.07 Å². The smallest absolute Gasteiger partial charge is 0.280 e. The second-order valence-electron chi connectivity index (χ2n) is 5.97. The lowest BCUT2D eigenvalue weighted by Gasteiger charge is -2.14. The fourth-order valence-electron chi connectivity index (χ4n) is 2.58. The third-order valence-electron chi connectivity index (χ3n) is 4.02. The number of carbonyl (C=O) groups excluding carboxylic acids is 1. The lowest BCUT2D eigenvalue weighted by atomic mass is 10.2. The summed E-state index contributed by atoms with van der Waals surface area (Å²) in [5, 5.41) is -0.484. The minimum Gasteiger partial charge on any atom is -0.471 e. The van der Waals surface area contributed by atoms with Gasteiger partial charge >= 0.3 is 0 Å². The van der Waals surface area contributed by atoms with Crippen LogP contribution in [0, 0.1) is 24.4 Å². The number of halogens is 4. The molecule has 3 aromatic rings. The molecule has 29 heavy (non-hydrogen) atoms. The first-order valence-electron chi connectivity index (χ1n) is 8.14. The van der Waals surface area contributed by atoms with Crippen LogP contribution in [0.1, 0.15) is 21.7 Å². The fourth-order valence-corrected chi connectivity index (χ4v) is 2.77. The Kier molecular flexibility index (Phi) is 5.60. The van der Waals surface area contributed by atoms with Crippen molar-refractivity contribution in [2.75, 3.05) is 0 Å². The van der Waals surface area contributed by atoms with E-state index in [4.69, 9.17) is 22.1 Å². The first-order chi connectivity index (χ1) is 13.7. The topological polar surface area (TPSA) is 87.2 Å². The van der Waals surface area contributed by atoms with Gasteiger partial charge in [0.25, 0.3) is 5.56 Å². The molecule has 0 aliphatic carbocycles. The number of primary amides is 1. The number of benzene rings is 2. The van der Waals surface area contributed by atoms with Gasteiger partial charge in [-0.15, -0.1) is 0 Å². The Balaban J connectivity index is 2.00. The maximum absolute atomic E-state index is 14.3. The van der Waals surface area contributed by atoms with Crippen LogP contribution in [0.15, 0.2) is 41.2 Å². The Bertz CT molecular complexity index is 1180. The molecule has 0 unspecified atom stereocenters. The van der Waals surface area contributed by atoms with Crippen molar-refractivity contribution in [1.29, 1.82) is 0 Å². The SMILES string of the molecule is Cc1nc(OCc2ccc(F)cc2F)c(Cl)c(=O)n1-c1cc(C(N)=O)ccc1F. The zero-order chi connectivity index (χ0) is 21.3. The number of hydrogen-bond acceptors (Lipinski definition) is 4.